The van der Waals surface area contributed by atoms with E-state index in [-0.39, 0.29) is 11.8 Å². The van der Waals surface area contributed by atoms with E-state index in [4.69, 9.17) is 5.73 Å². The van der Waals surface area contributed by atoms with Gasteiger partial charge in [-0.2, -0.15) is 0 Å². The summed E-state index contributed by atoms with van der Waals surface area (Å²) in [5.41, 5.74) is 5.57. The topological polar surface area (TPSA) is 79.5 Å². The lowest BCUT2D eigenvalue weighted by molar-refractivity contribution is -0.118. The van der Waals surface area contributed by atoms with Crippen molar-refractivity contribution >= 4 is 11.7 Å². The van der Waals surface area contributed by atoms with Gasteiger partial charge in [0, 0.05) is 20.6 Å². The standard InChI is InChI=1S/C9H20N4O/c1-7(14)8(10)5-4-6-13-9(11-2)12-3/h8H,4-6,10H2,1-3H3,(H2,11,12,13). The van der Waals surface area contributed by atoms with Crippen LogP contribution >= 0.6 is 0 Å². The summed E-state index contributed by atoms with van der Waals surface area (Å²) in [7, 11) is 3.60. The Hall–Kier alpha value is -1.10. The molecule has 14 heavy (non-hydrogen) atoms. The molecule has 5 heteroatoms. The van der Waals surface area contributed by atoms with E-state index in [9.17, 15) is 4.79 Å². The number of nitrogens with zero attached hydrogens (tertiary/aromatic N) is 1. The molecule has 4 N–H and O–H groups in total. The maximum absolute atomic E-state index is 10.8. The molecule has 0 saturated heterocycles. The van der Waals surface area contributed by atoms with Crippen molar-refractivity contribution < 1.29 is 4.79 Å². The van der Waals surface area contributed by atoms with Gasteiger partial charge in [-0.1, -0.05) is 0 Å². The van der Waals surface area contributed by atoms with Crippen molar-refractivity contribution in [2.75, 3.05) is 20.6 Å². The molecule has 0 heterocycles. The summed E-state index contributed by atoms with van der Waals surface area (Å²) in [6.45, 7) is 2.19. The molecule has 5 nitrogen and oxygen atoms in total. The molecular formula is C9H20N4O. The van der Waals surface area contributed by atoms with Crippen LogP contribution in [0.5, 0.6) is 0 Å². The Morgan fingerprint density at radius 1 is 1.43 bits per heavy atom. The number of ketones is 1. The molecule has 0 bridgehead atoms. The Morgan fingerprint density at radius 3 is 2.43 bits per heavy atom. The van der Waals surface area contributed by atoms with Gasteiger partial charge in [0.1, 0.15) is 5.78 Å². The normalized spacial score (nSPS) is 11.7. The third-order valence-electron chi connectivity index (χ3n) is 1.94. The molecule has 0 rings (SSSR count). The number of carbonyl (C=O) groups excluding carboxylic acids is 1. The average Bonchev–Trinajstić information content (AvgIpc) is 2.17. The van der Waals surface area contributed by atoms with Crippen LogP contribution in [0.25, 0.3) is 0 Å². The maximum Gasteiger partial charge on any atom is 0.190 e. The van der Waals surface area contributed by atoms with Crippen LogP contribution in [0.1, 0.15) is 19.8 Å². The van der Waals surface area contributed by atoms with E-state index in [1.54, 1.807) is 14.1 Å². The number of guanidine groups is 1. The van der Waals surface area contributed by atoms with Crippen LogP contribution in [-0.2, 0) is 4.79 Å². The van der Waals surface area contributed by atoms with Crippen LogP contribution in [0, 0.1) is 0 Å². The fourth-order valence-corrected chi connectivity index (χ4v) is 0.988. The maximum atomic E-state index is 10.8. The monoisotopic (exact) mass is 200 g/mol. The van der Waals surface area contributed by atoms with Gasteiger partial charge in [0.05, 0.1) is 6.04 Å². The highest BCUT2D eigenvalue weighted by Crippen LogP contribution is 1.95. The number of hydrogen-bond donors (Lipinski definition) is 3. The van der Waals surface area contributed by atoms with Gasteiger partial charge >= 0.3 is 0 Å². The molecule has 0 aliphatic carbocycles. The number of aliphatic imine (C=N–C) groups is 1. The third kappa shape index (κ3) is 5.53. The minimum absolute atomic E-state index is 0.0384. The molecule has 0 aromatic heterocycles. The van der Waals surface area contributed by atoms with Crippen molar-refractivity contribution in [2.45, 2.75) is 25.8 Å². The van der Waals surface area contributed by atoms with E-state index in [1.165, 1.54) is 6.92 Å². The molecule has 0 aromatic carbocycles. The number of nitrogens with one attached hydrogen (secondary N) is 2. The van der Waals surface area contributed by atoms with Crippen molar-refractivity contribution in [1.82, 2.24) is 10.6 Å². The lowest BCUT2D eigenvalue weighted by Gasteiger charge is -2.06. The van der Waals surface area contributed by atoms with Crippen molar-refractivity contribution in [3.05, 3.63) is 0 Å². The summed E-state index contributed by atoms with van der Waals surface area (Å²) in [5.74, 6) is 0.790. The van der Waals surface area contributed by atoms with Gasteiger partial charge in [0.25, 0.3) is 0 Å². The lowest BCUT2D eigenvalue weighted by Crippen LogP contribution is -2.32. The van der Waals surface area contributed by atoms with Crippen LogP contribution in [0.2, 0.25) is 0 Å². The van der Waals surface area contributed by atoms with E-state index in [2.05, 4.69) is 15.6 Å². The van der Waals surface area contributed by atoms with Gasteiger partial charge in [-0.3, -0.25) is 9.79 Å². The summed E-state index contributed by atoms with van der Waals surface area (Å²) in [6.07, 6.45) is 1.52. The van der Waals surface area contributed by atoms with Crippen molar-refractivity contribution in [2.24, 2.45) is 10.7 Å². The molecule has 1 atom stereocenters. The number of Topliss-reactive ketones (excluding diaryl/α,β-unsaturated/α-hetero) is 1. The zero-order valence-electron chi connectivity index (χ0n) is 9.13. The highest BCUT2D eigenvalue weighted by molar-refractivity contribution is 5.81. The second kappa shape index (κ2) is 7.32. The highest BCUT2D eigenvalue weighted by atomic mass is 16.1. The van der Waals surface area contributed by atoms with E-state index in [0.29, 0.717) is 13.0 Å². The molecule has 1 unspecified atom stereocenters. The van der Waals surface area contributed by atoms with Crippen LogP contribution < -0.4 is 16.4 Å². The SMILES string of the molecule is CNC(=NCCCC(N)C(C)=O)NC. The Balaban J connectivity index is 3.64. The molecule has 0 saturated carbocycles. The fourth-order valence-electron chi connectivity index (χ4n) is 0.988. The predicted octanol–water partition coefficient (Wildman–Crippen LogP) is -0.522. The zero-order valence-corrected chi connectivity index (χ0v) is 9.13. The number of hydrogen-bond acceptors (Lipinski definition) is 3. The molecule has 0 aromatic rings. The van der Waals surface area contributed by atoms with Gasteiger partial charge in [0.2, 0.25) is 0 Å². The van der Waals surface area contributed by atoms with E-state index in [0.717, 1.165) is 12.4 Å². The summed E-state index contributed by atoms with van der Waals surface area (Å²) < 4.78 is 0. The summed E-state index contributed by atoms with van der Waals surface area (Å²) in [4.78, 5) is 15.0. The molecular weight excluding hydrogens is 180 g/mol. The van der Waals surface area contributed by atoms with Crippen LogP contribution in [0.4, 0.5) is 0 Å². The predicted molar refractivity (Wildman–Crippen MR) is 58.3 cm³/mol. The molecule has 0 aliphatic heterocycles. The Labute approximate surface area is 85.2 Å². The Kier molecular flexibility index (Phi) is 6.74. The fraction of sp³-hybridized carbons (Fsp3) is 0.778. The van der Waals surface area contributed by atoms with Crippen LogP contribution in [-0.4, -0.2) is 38.4 Å². The summed E-state index contributed by atoms with van der Waals surface area (Å²) in [5, 5.41) is 5.81. The number of carbonyl (C=O) groups is 1. The van der Waals surface area contributed by atoms with E-state index >= 15 is 0 Å². The van der Waals surface area contributed by atoms with Crippen LogP contribution in [0.15, 0.2) is 4.99 Å². The quantitative estimate of drug-likeness (QED) is 0.317. The van der Waals surface area contributed by atoms with Gasteiger partial charge in [-0.05, 0) is 19.8 Å². The Bertz CT molecular complexity index is 197. The number of rotatable bonds is 5. The van der Waals surface area contributed by atoms with Crippen molar-refractivity contribution in [3.63, 3.8) is 0 Å². The van der Waals surface area contributed by atoms with Crippen molar-refractivity contribution in [1.29, 1.82) is 0 Å². The summed E-state index contributed by atoms with van der Waals surface area (Å²) in [6, 6.07) is -0.335. The van der Waals surface area contributed by atoms with E-state index < -0.39 is 0 Å². The minimum atomic E-state index is -0.335. The lowest BCUT2D eigenvalue weighted by atomic mass is 10.1. The zero-order chi connectivity index (χ0) is 11.0. The number of nitrogens with two attached hydrogens (primary N) is 1. The summed E-state index contributed by atoms with van der Waals surface area (Å²) >= 11 is 0. The van der Waals surface area contributed by atoms with Gasteiger partial charge in [0.15, 0.2) is 5.96 Å². The first-order chi connectivity index (χ1) is 6.61. The first-order valence-electron chi connectivity index (χ1n) is 4.77. The van der Waals surface area contributed by atoms with Crippen LogP contribution in [0.3, 0.4) is 0 Å². The molecule has 0 amide bonds. The first-order valence-corrected chi connectivity index (χ1v) is 4.77. The van der Waals surface area contributed by atoms with Gasteiger partial charge in [-0.25, -0.2) is 0 Å². The van der Waals surface area contributed by atoms with E-state index in [1.807, 2.05) is 0 Å². The van der Waals surface area contributed by atoms with Crippen molar-refractivity contribution in [3.8, 4) is 0 Å². The largest absolute Gasteiger partial charge is 0.359 e. The second-order valence-electron chi connectivity index (χ2n) is 3.09. The molecule has 0 aliphatic rings. The molecule has 0 fully saturated rings. The smallest absolute Gasteiger partial charge is 0.190 e. The van der Waals surface area contributed by atoms with Gasteiger partial charge in [-0.15, -0.1) is 0 Å². The average molecular weight is 200 g/mol. The second-order valence-corrected chi connectivity index (χ2v) is 3.09. The first kappa shape index (κ1) is 12.9. The molecule has 0 spiro atoms. The molecule has 0 radical (unpaired) electrons. The Morgan fingerprint density at radius 2 is 2.00 bits per heavy atom. The minimum Gasteiger partial charge on any atom is -0.359 e. The highest BCUT2D eigenvalue weighted by Gasteiger charge is 2.06. The molecule has 82 valence electrons. The van der Waals surface area contributed by atoms with Gasteiger partial charge < -0.3 is 16.4 Å². The third-order valence-corrected chi connectivity index (χ3v) is 1.94.